The molecule has 1 atom stereocenters. The molecule has 23 heavy (non-hydrogen) atoms. The van der Waals surface area contributed by atoms with Gasteiger partial charge in [0.1, 0.15) is 10.9 Å². The normalized spacial score (nSPS) is 16.5. The molecular weight excluding hydrogens is 316 g/mol. The molecule has 1 aromatic heterocycles. The number of aromatic nitrogens is 1. The molecule has 0 aliphatic carbocycles. The molecule has 3 amide bonds. The molecule has 1 aromatic rings. The first kappa shape index (κ1) is 17.4. The molecule has 2 heterocycles. The summed E-state index contributed by atoms with van der Waals surface area (Å²) in [5, 5.41) is 3.03. The van der Waals surface area contributed by atoms with E-state index in [9.17, 15) is 14.4 Å². The molecule has 3 N–H and O–H groups in total. The van der Waals surface area contributed by atoms with Gasteiger partial charge in [-0.1, -0.05) is 25.2 Å². The first-order valence-corrected chi connectivity index (χ1v) is 8.56. The highest BCUT2D eigenvalue weighted by molar-refractivity contribution is 7.17. The molecule has 0 saturated carbocycles. The molecule has 0 spiro atoms. The zero-order valence-corrected chi connectivity index (χ0v) is 14.2. The van der Waals surface area contributed by atoms with Crippen molar-refractivity contribution < 1.29 is 14.4 Å². The lowest BCUT2D eigenvalue weighted by atomic mass is 9.99. The summed E-state index contributed by atoms with van der Waals surface area (Å²) in [6.07, 6.45) is 4.21. The molecule has 8 heteroatoms. The fourth-order valence-electron chi connectivity index (χ4n) is 2.61. The minimum atomic E-state index is -0.576. The first-order valence-electron chi connectivity index (χ1n) is 7.74. The van der Waals surface area contributed by atoms with Gasteiger partial charge in [0.05, 0.1) is 6.20 Å². The largest absolute Gasteiger partial charge is 0.365 e. The Morgan fingerprint density at radius 2 is 2.17 bits per heavy atom. The third kappa shape index (κ3) is 4.51. The van der Waals surface area contributed by atoms with Gasteiger partial charge in [-0.3, -0.25) is 14.4 Å². The topological polar surface area (TPSA) is 105 Å². The Labute approximate surface area is 139 Å². The van der Waals surface area contributed by atoms with Crippen LogP contribution in [0.15, 0.2) is 6.20 Å². The van der Waals surface area contributed by atoms with Crippen molar-refractivity contribution in [2.24, 2.45) is 11.7 Å². The molecular formula is C15H22N4O3S. The number of thiazole rings is 1. The third-order valence-electron chi connectivity index (χ3n) is 3.71. The number of nitrogens with one attached hydrogen (secondary N) is 1. The number of primary amides is 1. The third-order valence-corrected chi connectivity index (χ3v) is 4.64. The van der Waals surface area contributed by atoms with Crippen LogP contribution in [-0.4, -0.2) is 40.2 Å². The summed E-state index contributed by atoms with van der Waals surface area (Å²) >= 11 is 1.03. The minimum absolute atomic E-state index is 0.0222. The van der Waals surface area contributed by atoms with E-state index in [1.54, 1.807) is 4.90 Å². The molecule has 1 saturated heterocycles. The molecule has 7 nitrogen and oxygen atoms in total. The highest BCUT2D eigenvalue weighted by Gasteiger charge is 2.32. The van der Waals surface area contributed by atoms with Crippen molar-refractivity contribution in [2.45, 2.75) is 45.6 Å². The maximum Gasteiger partial charge on any atom is 0.260 e. The average molecular weight is 338 g/mol. The number of nitrogens with two attached hydrogens (primary N) is 1. The van der Waals surface area contributed by atoms with Gasteiger partial charge in [-0.2, -0.15) is 0 Å². The summed E-state index contributed by atoms with van der Waals surface area (Å²) in [4.78, 5) is 41.8. The minimum Gasteiger partial charge on any atom is -0.365 e. The summed E-state index contributed by atoms with van der Waals surface area (Å²) in [6, 6.07) is -0.510. The lowest BCUT2D eigenvalue weighted by Crippen LogP contribution is -2.49. The van der Waals surface area contributed by atoms with E-state index in [0.29, 0.717) is 24.5 Å². The monoisotopic (exact) mass is 338 g/mol. The molecule has 126 valence electrons. The smallest absolute Gasteiger partial charge is 0.260 e. The van der Waals surface area contributed by atoms with Gasteiger partial charge >= 0.3 is 0 Å². The van der Waals surface area contributed by atoms with Crippen molar-refractivity contribution in [1.29, 1.82) is 0 Å². The number of piperidine rings is 1. The number of likely N-dealkylation sites (tertiary alicyclic amines) is 1. The van der Waals surface area contributed by atoms with E-state index in [0.717, 1.165) is 24.2 Å². The van der Waals surface area contributed by atoms with E-state index in [-0.39, 0.29) is 22.6 Å². The van der Waals surface area contributed by atoms with Crippen LogP contribution >= 0.6 is 11.3 Å². The van der Waals surface area contributed by atoms with Crippen molar-refractivity contribution in [3.05, 3.63) is 11.1 Å². The number of rotatable bonds is 6. The summed E-state index contributed by atoms with van der Waals surface area (Å²) < 4.78 is 0. The predicted molar refractivity (Wildman–Crippen MR) is 88.1 cm³/mol. The number of amides is 3. The van der Waals surface area contributed by atoms with Crippen molar-refractivity contribution in [1.82, 2.24) is 9.88 Å². The molecule has 1 aliphatic rings. The maximum atomic E-state index is 12.6. The number of nitrogens with zero attached hydrogens (tertiary/aromatic N) is 2. The summed E-state index contributed by atoms with van der Waals surface area (Å²) in [6.45, 7) is 4.64. The zero-order chi connectivity index (χ0) is 17.0. The van der Waals surface area contributed by atoms with Crippen LogP contribution in [0.4, 0.5) is 5.13 Å². The quantitative estimate of drug-likeness (QED) is 0.822. The van der Waals surface area contributed by atoms with Crippen LogP contribution in [0.25, 0.3) is 0 Å². The Bertz CT molecular complexity index is 599. The fourth-order valence-corrected chi connectivity index (χ4v) is 3.28. The lowest BCUT2D eigenvalue weighted by molar-refractivity contribution is -0.141. The first-order chi connectivity index (χ1) is 10.9. The number of anilines is 1. The van der Waals surface area contributed by atoms with Gasteiger partial charge in [0, 0.05) is 13.0 Å². The average Bonchev–Trinajstić information content (AvgIpc) is 2.94. The summed E-state index contributed by atoms with van der Waals surface area (Å²) in [7, 11) is 0. The van der Waals surface area contributed by atoms with Crippen molar-refractivity contribution in [2.75, 3.05) is 11.9 Å². The van der Waals surface area contributed by atoms with Crippen molar-refractivity contribution in [3.8, 4) is 0 Å². The van der Waals surface area contributed by atoms with Crippen LogP contribution < -0.4 is 11.1 Å². The summed E-state index contributed by atoms with van der Waals surface area (Å²) in [5.74, 6) is -0.542. The van der Waals surface area contributed by atoms with E-state index in [1.807, 2.05) is 13.8 Å². The highest BCUT2D eigenvalue weighted by Crippen LogP contribution is 2.22. The van der Waals surface area contributed by atoms with Gasteiger partial charge < -0.3 is 16.0 Å². The maximum absolute atomic E-state index is 12.6. The van der Waals surface area contributed by atoms with Crippen LogP contribution in [0.3, 0.4) is 0 Å². The van der Waals surface area contributed by atoms with Gasteiger partial charge in [0.2, 0.25) is 11.8 Å². The zero-order valence-electron chi connectivity index (χ0n) is 13.4. The predicted octanol–water partition coefficient (Wildman–Crippen LogP) is 1.61. The number of carbonyl (C=O) groups is 3. The van der Waals surface area contributed by atoms with E-state index < -0.39 is 11.9 Å². The van der Waals surface area contributed by atoms with Crippen molar-refractivity contribution in [3.63, 3.8) is 0 Å². The second-order valence-electron chi connectivity index (χ2n) is 6.07. The van der Waals surface area contributed by atoms with E-state index >= 15 is 0 Å². The Hall–Kier alpha value is -1.96. The van der Waals surface area contributed by atoms with Crippen LogP contribution in [0.2, 0.25) is 0 Å². The highest BCUT2D eigenvalue weighted by atomic mass is 32.1. The van der Waals surface area contributed by atoms with Gasteiger partial charge in [0.25, 0.3) is 5.91 Å². The number of carbonyl (C=O) groups excluding carboxylic acids is 3. The molecule has 0 bridgehead atoms. The SMILES string of the molecule is CC(C)CC(C(=O)Nc1ncc(C(N)=O)s1)N1CCCCC1=O. The molecule has 0 radical (unpaired) electrons. The van der Waals surface area contributed by atoms with Crippen LogP contribution in [0, 0.1) is 5.92 Å². The number of hydrogen-bond acceptors (Lipinski definition) is 5. The molecule has 0 aromatic carbocycles. The summed E-state index contributed by atoms with van der Waals surface area (Å²) in [5.41, 5.74) is 5.18. The fraction of sp³-hybridized carbons (Fsp3) is 0.600. The molecule has 2 rings (SSSR count). The Balaban J connectivity index is 2.12. The Morgan fingerprint density at radius 3 is 2.74 bits per heavy atom. The molecule has 1 unspecified atom stereocenters. The number of hydrogen-bond donors (Lipinski definition) is 2. The van der Waals surface area contributed by atoms with Gasteiger partial charge in [-0.25, -0.2) is 4.98 Å². The van der Waals surface area contributed by atoms with Gasteiger partial charge in [-0.05, 0) is 25.2 Å². The van der Waals surface area contributed by atoms with E-state index in [1.165, 1.54) is 6.20 Å². The van der Waals surface area contributed by atoms with Gasteiger partial charge in [0.15, 0.2) is 5.13 Å². The van der Waals surface area contributed by atoms with Crippen LogP contribution in [0.1, 0.15) is 49.2 Å². The van der Waals surface area contributed by atoms with E-state index in [2.05, 4.69) is 10.3 Å². The second kappa shape index (κ2) is 7.54. The van der Waals surface area contributed by atoms with Crippen LogP contribution in [0.5, 0.6) is 0 Å². The van der Waals surface area contributed by atoms with Crippen LogP contribution in [-0.2, 0) is 9.59 Å². The van der Waals surface area contributed by atoms with Crippen molar-refractivity contribution >= 4 is 34.2 Å². The van der Waals surface area contributed by atoms with Gasteiger partial charge in [-0.15, -0.1) is 0 Å². The molecule has 1 fully saturated rings. The Kier molecular flexibility index (Phi) is 5.70. The molecule has 1 aliphatic heterocycles. The standard InChI is InChI=1S/C15H22N4O3S/c1-9(2)7-10(19-6-4-3-5-12(19)20)14(22)18-15-17-8-11(23-15)13(16)21/h8-10H,3-7H2,1-2H3,(H2,16,21)(H,17,18,22). The Morgan fingerprint density at radius 1 is 1.43 bits per heavy atom. The second-order valence-corrected chi connectivity index (χ2v) is 7.10. The van der Waals surface area contributed by atoms with E-state index in [4.69, 9.17) is 5.73 Å². The lowest BCUT2D eigenvalue weighted by Gasteiger charge is -2.34.